The molecule has 0 radical (unpaired) electrons. The van der Waals surface area contributed by atoms with Gasteiger partial charge in [-0.2, -0.15) is 13.2 Å². The minimum absolute atomic E-state index is 0.257. The minimum atomic E-state index is -4.33. The molecule has 166 valence electrons. The minimum Gasteiger partial charge on any atom is -0.373 e. The van der Waals surface area contributed by atoms with Gasteiger partial charge in [-0.1, -0.05) is 35.6 Å². The lowest BCUT2D eigenvalue weighted by Crippen LogP contribution is -2.31. The fraction of sp³-hybridized carbons (Fsp3) is 0.217. The van der Waals surface area contributed by atoms with Crippen molar-refractivity contribution in [3.63, 3.8) is 0 Å². The molecule has 0 bridgehead atoms. The summed E-state index contributed by atoms with van der Waals surface area (Å²) < 4.78 is 38.0. The molecule has 0 spiro atoms. The molecule has 0 amide bonds. The molecule has 0 aliphatic carbocycles. The van der Waals surface area contributed by atoms with Crippen molar-refractivity contribution in [1.29, 1.82) is 0 Å². The maximum absolute atomic E-state index is 12.7. The topological polar surface area (TPSA) is 75.9 Å². The van der Waals surface area contributed by atoms with Crippen molar-refractivity contribution < 1.29 is 13.2 Å². The molecule has 0 aliphatic rings. The fourth-order valence-electron chi connectivity index (χ4n) is 3.34. The first-order valence-electron chi connectivity index (χ1n) is 10.0. The number of anilines is 2. The summed E-state index contributed by atoms with van der Waals surface area (Å²) in [5.41, 5.74) is 7.33. The van der Waals surface area contributed by atoms with Crippen LogP contribution in [0.5, 0.6) is 0 Å². The molecule has 2 aromatic heterocycles. The molecule has 0 saturated heterocycles. The number of hydrogen-bond donors (Lipinski definition) is 3. The maximum atomic E-state index is 12.7. The van der Waals surface area contributed by atoms with E-state index in [4.69, 9.17) is 5.73 Å². The summed E-state index contributed by atoms with van der Waals surface area (Å²) in [5, 5.41) is 9.16. The van der Waals surface area contributed by atoms with Gasteiger partial charge in [0.1, 0.15) is 5.82 Å². The Morgan fingerprint density at radius 2 is 1.78 bits per heavy atom. The van der Waals surface area contributed by atoms with E-state index in [0.717, 1.165) is 49.9 Å². The van der Waals surface area contributed by atoms with E-state index in [2.05, 4.69) is 26.7 Å². The number of halogens is 3. The molecule has 2 aromatic carbocycles. The molecule has 0 unspecified atom stereocenters. The second-order valence-corrected chi connectivity index (χ2v) is 8.48. The van der Waals surface area contributed by atoms with Gasteiger partial charge >= 0.3 is 6.18 Å². The van der Waals surface area contributed by atoms with Crippen LogP contribution in [-0.4, -0.2) is 29.6 Å². The highest BCUT2D eigenvalue weighted by Crippen LogP contribution is 2.32. The monoisotopic (exact) mass is 457 g/mol. The lowest BCUT2D eigenvalue weighted by atomic mass is 10.0. The van der Waals surface area contributed by atoms with E-state index in [-0.39, 0.29) is 6.04 Å². The van der Waals surface area contributed by atoms with Crippen molar-refractivity contribution in [3.8, 4) is 10.4 Å². The van der Waals surface area contributed by atoms with Gasteiger partial charge in [-0.3, -0.25) is 0 Å². The Morgan fingerprint density at radius 3 is 2.50 bits per heavy atom. The van der Waals surface area contributed by atoms with Gasteiger partial charge in [0.05, 0.1) is 10.4 Å². The third kappa shape index (κ3) is 5.17. The SMILES string of the molecule is CNc1cc2cc(-c3cnc(NC[C@@H](N)Cc4ccc(C(F)(F)F)cc4)s3)ccc2cn1. The van der Waals surface area contributed by atoms with Crippen LogP contribution in [0.25, 0.3) is 21.2 Å². The van der Waals surface area contributed by atoms with E-state index in [1.807, 2.05) is 37.6 Å². The highest BCUT2D eigenvalue weighted by Gasteiger charge is 2.29. The summed E-state index contributed by atoms with van der Waals surface area (Å²) >= 11 is 1.52. The van der Waals surface area contributed by atoms with E-state index in [1.54, 1.807) is 0 Å². The number of nitrogens with two attached hydrogens (primary N) is 1. The van der Waals surface area contributed by atoms with Gasteiger partial charge in [0.2, 0.25) is 0 Å². The molecular weight excluding hydrogens is 435 g/mol. The van der Waals surface area contributed by atoms with E-state index in [1.165, 1.54) is 23.5 Å². The van der Waals surface area contributed by atoms with Gasteiger partial charge in [-0.05, 0) is 47.2 Å². The fourth-order valence-corrected chi connectivity index (χ4v) is 4.16. The quantitative estimate of drug-likeness (QED) is 0.346. The van der Waals surface area contributed by atoms with Gasteiger partial charge in [0.15, 0.2) is 5.13 Å². The highest BCUT2D eigenvalue weighted by atomic mass is 32.1. The Morgan fingerprint density at radius 1 is 1.00 bits per heavy atom. The van der Waals surface area contributed by atoms with Crippen LogP contribution in [-0.2, 0) is 12.6 Å². The zero-order valence-electron chi connectivity index (χ0n) is 17.3. The van der Waals surface area contributed by atoms with Crippen molar-refractivity contribution >= 4 is 33.1 Å². The van der Waals surface area contributed by atoms with Crippen LogP contribution in [0.1, 0.15) is 11.1 Å². The average molecular weight is 458 g/mol. The van der Waals surface area contributed by atoms with Gasteiger partial charge in [0.25, 0.3) is 0 Å². The first-order valence-corrected chi connectivity index (χ1v) is 10.8. The molecule has 0 fully saturated rings. The van der Waals surface area contributed by atoms with Crippen LogP contribution in [0, 0.1) is 0 Å². The molecule has 1 atom stereocenters. The molecule has 4 rings (SSSR count). The largest absolute Gasteiger partial charge is 0.416 e. The molecule has 0 saturated carbocycles. The predicted octanol–water partition coefficient (Wildman–Crippen LogP) is 5.40. The van der Waals surface area contributed by atoms with Crippen LogP contribution >= 0.6 is 11.3 Å². The van der Waals surface area contributed by atoms with E-state index in [9.17, 15) is 13.2 Å². The standard InChI is InChI=1S/C23H22F3N5S/c1-28-21-10-17-9-15(4-5-16(17)11-29-21)20-13-31-22(32-20)30-12-19(27)8-14-2-6-18(7-3-14)23(24,25)26/h2-7,9-11,13,19H,8,12,27H2,1H3,(H,28,29)(H,30,31)/t19-/m0/s1. The molecule has 4 N–H and O–H groups in total. The van der Waals surface area contributed by atoms with Crippen molar-refractivity contribution in [3.05, 3.63) is 72.1 Å². The second kappa shape index (κ2) is 9.13. The average Bonchev–Trinajstić information content (AvgIpc) is 3.26. The third-order valence-electron chi connectivity index (χ3n) is 5.06. The smallest absolute Gasteiger partial charge is 0.373 e. The summed E-state index contributed by atoms with van der Waals surface area (Å²) in [7, 11) is 1.83. The number of alkyl halides is 3. The molecule has 0 aliphatic heterocycles. The number of hydrogen-bond acceptors (Lipinski definition) is 6. The number of thiazole rings is 1. The Balaban J connectivity index is 1.37. The number of benzene rings is 2. The van der Waals surface area contributed by atoms with Crippen LogP contribution in [0.3, 0.4) is 0 Å². The van der Waals surface area contributed by atoms with Gasteiger partial charge in [-0.15, -0.1) is 0 Å². The Labute approximate surface area is 187 Å². The number of fused-ring (bicyclic) bond motifs is 1. The maximum Gasteiger partial charge on any atom is 0.416 e. The molecular formula is C23H22F3N5S. The number of aromatic nitrogens is 2. The molecule has 32 heavy (non-hydrogen) atoms. The number of nitrogens with zero attached hydrogens (tertiary/aromatic N) is 2. The van der Waals surface area contributed by atoms with E-state index < -0.39 is 11.7 Å². The number of pyridine rings is 1. The summed E-state index contributed by atoms with van der Waals surface area (Å²) in [6, 6.07) is 13.0. The van der Waals surface area contributed by atoms with Gasteiger partial charge in [-0.25, -0.2) is 9.97 Å². The summed E-state index contributed by atoms with van der Waals surface area (Å²) in [6.07, 6.45) is -0.212. The predicted molar refractivity (Wildman–Crippen MR) is 124 cm³/mol. The third-order valence-corrected chi connectivity index (χ3v) is 6.07. The van der Waals surface area contributed by atoms with Gasteiger partial charge < -0.3 is 16.4 Å². The molecule has 9 heteroatoms. The van der Waals surface area contributed by atoms with Crippen molar-refractivity contribution in [2.24, 2.45) is 5.73 Å². The van der Waals surface area contributed by atoms with Crippen LogP contribution in [0.15, 0.2) is 60.9 Å². The molecule has 4 aromatic rings. The zero-order chi connectivity index (χ0) is 22.7. The summed E-state index contributed by atoms with van der Waals surface area (Å²) in [5.74, 6) is 0.809. The number of rotatable bonds is 7. The molecule has 2 heterocycles. The Hall–Kier alpha value is -3.17. The normalized spacial score (nSPS) is 12.7. The summed E-state index contributed by atoms with van der Waals surface area (Å²) in [4.78, 5) is 9.77. The van der Waals surface area contributed by atoms with E-state index in [0.29, 0.717) is 13.0 Å². The highest BCUT2D eigenvalue weighted by molar-refractivity contribution is 7.18. The lowest BCUT2D eigenvalue weighted by Gasteiger charge is -2.13. The first-order chi connectivity index (χ1) is 15.3. The Kier molecular flexibility index (Phi) is 6.29. The van der Waals surface area contributed by atoms with Gasteiger partial charge in [0, 0.05) is 37.4 Å². The number of nitrogens with one attached hydrogen (secondary N) is 2. The lowest BCUT2D eigenvalue weighted by molar-refractivity contribution is -0.137. The molecule has 5 nitrogen and oxygen atoms in total. The van der Waals surface area contributed by atoms with Crippen LogP contribution in [0.4, 0.5) is 24.1 Å². The Bertz CT molecular complexity index is 1200. The van der Waals surface area contributed by atoms with Crippen molar-refractivity contribution in [1.82, 2.24) is 9.97 Å². The first kappa shape index (κ1) is 22.0. The van der Waals surface area contributed by atoms with Crippen molar-refractivity contribution in [2.75, 3.05) is 24.2 Å². The second-order valence-electron chi connectivity index (χ2n) is 7.45. The summed E-state index contributed by atoms with van der Waals surface area (Å²) in [6.45, 7) is 0.461. The van der Waals surface area contributed by atoms with Crippen LogP contribution in [0.2, 0.25) is 0 Å². The zero-order valence-corrected chi connectivity index (χ0v) is 18.1. The van der Waals surface area contributed by atoms with Crippen LogP contribution < -0.4 is 16.4 Å². The van der Waals surface area contributed by atoms with Crippen molar-refractivity contribution in [2.45, 2.75) is 18.6 Å². The van der Waals surface area contributed by atoms with E-state index >= 15 is 0 Å².